The molecule has 0 aromatic heterocycles. The summed E-state index contributed by atoms with van der Waals surface area (Å²) >= 11 is 0. The molecule has 0 amide bonds. The number of hydrogen-bond donors (Lipinski definition) is 1. The van der Waals surface area contributed by atoms with Crippen LogP contribution in [0, 0.1) is 0 Å². The smallest absolute Gasteiger partial charge is 0.0349 e. The molecule has 0 radical (unpaired) electrons. The Hall–Kier alpha value is -2.80. The van der Waals surface area contributed by atoms with Crippen LogP contribution in [0.4, 0.5) is 5.69 Å². The van der Waals surface area contributed by atoms with Gasteiger partial charge >= 0.3 is 0 Å². The Labute approximate surface area is 137 Å². The summed E-state index contributed by atoms with van der Waals surface area (Å²) in [4.78, 5) is 0. The van der Waals surface area contributed by atoms with Gasteiger partial charge in [-0.1, -0.05) is 67.3 Å². The van der Waals surface area contributed by atoms with E-state index in [0.29, 0.717) is 0 Å². The fraction of sp³-hybridized carbons (Fsp3) is 0.0909. The molecule has 0 aliphatic rings. The molecule has 0 saturated carbocycles. The van der Waals surface area contributed by atoms with Crippen LogP contribution in [0.3, 0.4) is 0 Å². The van der Waals surface area contributed by atoms with Crippen LogP contribution in [-0.2, 0) is 6.42 Å². The second-order valence-electron chi connectivity index (χ2n) is 5.72. The maximum atomic E-state index is 6.05. The van der Waals surface area contributed by atoms with Crippen molar-refractivity contribution in [2.75, 3.05) is 5.73 Å². The molecule has 2 N–H and O–H groups in total. The highest BCUT2D eigenvalue weighted by Crippen LogP contribution is 2.24. The maximum absolute atomic E-state index is 6.05. The van der Waals surface area contributed by atoms with Crippen molar-refractivity contribution in [1.29, 1.82) is 0 Å². The van der Waals surface area contributed by atoms with Crippen LogP contribution in [-0.4, -0.2) is 0 Å². The third-order valence-corrected chi connectivity index (χ3v) is 4.22. The van der Waals surface area contributed by atoms with E-state index in [1.54, 1.807) is 0 Å². The number of rotatable bonds is 4. The summed E-state index contributed by atoms with van der Waals surface area (Å²) < 4.78 is 0. The molecule has 0 aliphatic carbocycles. The third-order valence-electron chi connectivity index (χ3n) is 4.22. The molecular weight excluding hydrogens is 278 g/mol. The van der Waals surface area contributed by atoms with E-state index >= 15 is 0 Å². The maximum Gasteiger partial charge on any atom is 0.0349 e. The zero-order valence-corrected chi connectivity index (χ0v) is 13.4. The van der Waals surface area contributed by atoms with E-state index in [0.717, 1.165) is 17.7 Å². The van der Waals surface area contributed by atoms with Gasteiger partial charge in [0.25, 0.3) is 0 Å². The van der Waals surface area contributed by atoms with Crippen molar-refractivity contribution in [2.45, 2.75) is 13.3 Å². The standard InChI is InChI=1S/C22H21N/c1-3-17(4-2)19-12-11-18-13-16(9-10-20(18)15-19)14-21-7-5-6-8-22(21)23/h3-13,15H,1,14,23H2,2H3/b17-4+. The molecule has 0 aliphatic heterocycles. The predicted molar refractivity (Wildman–Crippen MR) is 101 cm³/mol. The summed E-state index contributed by atoms with van der Waals surface area (Å²) in [7, 11) is 0. The SMILES string of the molecule is C=C/C(=C\C)c1ccc2cc(Cc3ccccc3N)ccc2c1. The first-order chi connectivity index (χ1) is 11.2. The zero-order valence-electron chi connectivity index (χ0n) is 13.4. The summed E-state index contributed by atoms with van der Waals surface area (Å²) in [5.41, 5.74) is 11.7. The fourth-order valence-corrected chi connectivity index (χ4v) is 2.90. The van der Waals surface area contributed by atoms with Crippen LogP contribution in [0.15, 0.2) is 79.4 Å². The van der Waals surface area contributed by atoms with E-state index in [2.05, 4.69) is 55.1 Å². The number of anilines is 1. The summed E-state index contributed by atoms with van der Waals surface area (Å²) in [6, 6.07) is 21.2. The Morgan fingerprint density at radius 3 is 2.48 bits per heavy atom. The Morgan fingerprint density at radius 1 is 1.00 bits per heavy atom. The molecule has 0 saturated heterocycles. The van der Waals surface area contributed by atoms with Gasteiger partial charge in [0.15, 0.2) is 0 Å². The normalized spacial score (nSPS) is 11.6. The van der Waals surface area contributed by atoms with Crippen LogP contribution >= 0.6 is 0 Å². The monoisotopic (exact) mass is 299 g/mol. The Morgan fingerprint density at radius 2 is 1.74 bits per heavy atom. The van der Waals surface area contributed by atoms with Crippen LogP contribution in [0.2, 0.25) is 0 Å². The van der Waals surface area contributed by atoms with Crippen molar-refractivity contribution in [2.24, 2.45) is 0 Å². The molecule has 1 heteroatoms. The van der Waals surface area contributed by atoms with E-state index in [-0.39, 0.29) is 0 Å². The molecule has 23 heavy (non-hydrogen) atoms. The molecule has 0 heterocycles. The zero-order chi connectivity index (χ0) is 16.2. The van der Waals surface area contributed by atoms with Crippen molar-refractivity contribution < 1.29 is 0 Å². The molecule has 0 spiro atoms. The highest BCUT2D eigenvalue weighted by molar-refractivity contribution is 5.88. The first-order valence-corrected chi connectivity index (χ1v) is 7.86. The summed E-state index contributed by atoms with van der Waals surface area (Å²) in [5.74, 6) is 0. The predicted octanol–water partition coefficient (Wildman–Crippen LogP) is 5.60. The second kappa shape index (κ2) is 6.53. The van der Waals surface area contributed by atoms with E-state index in [1.165, 1.54) is 27.5 Å². The van der Waals surface area contributed by atoms with Gasteiger partial charge in [0.2, 0.25) is 0 Å². The molecular formula is C22H21N. The first-order valence-electron chi connectivity index (χ1n) is 7.86. The molecule has 3 rings (SSSR count). The van der Waals surface area contributed by atoms with Gasteiger partial charge in [-0.25, -0.2) is 0 Å². The van der Waals surface area contributed by atoms with Crippen molar-refractivity contribution in [3.63, 3.8) is 0 Å². The summed E-state index contributed by atoms with van der Waals surface area (Å²) in [5, 5.41) is 2.49. The summed E-state index contributed by atoms with van der Waals surface area (Å²) in [6.07, 6.45) is 4.84. The molecule has 1 nitrogen and oxygen atoms in total. The number of fused-ring (bicyclic) bond motifs is 1. The minimum absolute atomic E-state index is 0.853. The molecule has 0 unspecified atom stereocenters. The molecule has 0 fully saturated rings. The van der Waals surface area contributed by atoms with Gasteiger partial charge in [0.1, 0.15) is 0 Å². The molecule has 3 aromatic carbocycles. The lowest BCUT2D eigenvalue weighted by Gasteiger charge is -2.08. The molecule has 3 aromatic rings. The van der Waals surface area contributed by atoms with E-state index < -0.39 is 0 Å². The molecule has 0 bridgehead atoms. The van der Waals surface area contributed by atoms with Crippen LogP contribution in [0.1, 0.15) is 23.6 Å². The average Bonchev–Trinajstić information content (AvgIpc) is 2.58. The second-order valence-corrected chi connectivity index (χ2v) is 5.72. The Kier molecular flexibility index (Phi) is 4.29. The van der Waals surface area contributed by atoms with Crippen LogP contribution in [0.25, 0.3) is 16.3 Å². The van der Waals surface area contributed by atoms with Crippen LogP contribution < -0.4 is 5.73 Å². The number of hydrogen-bond acceptors (Lipinski definition) is 1. The summed E-state index contributed by atoms with van der Waals surface area (Å²) in [6.45, 7) is 5.91. The number of allylic oxidation sites excluding steroid dienone is 3. The van der Waals surface area contributed by atoms with Crippen molar-refractivity contribution in [3.05, 3.63) is 96.1 Å². The van der Waals surface area contributed by atoms with E-state index in [1.807, 2.05) is 31.2 Å². The van der Waals surface area contributed by atoms with Gasteiger partial charge in [0.05, 0.1) is 0 Å². The van der Waals surface area contributed by atoms with Gasteiger partial charge in [-0.3, -0.25) is 0 Å². The number of benzene rings is 3. The van der Waals surface area contributed by atoms with Crippen molar-refractivity contribution in [3.8, 4) is 0 Å². The van der Waals surface area contributed by atoms with Gasteiger partial charge in [-0.05, 0) is 58.5 Å². The lowest BCUT2D eigenvalue weighted by Crippen LogP contribution is -1.95. The highest BCUT2D eigenvalue weighted by atomic mass is 14.6. The largest absolute Gasteiger partial charge is 0.398 e. The third kappa shape index (κ3) is 3.19. The van der Waals surface area contributed by atoms with E-state index in [4.69, 9.17) is 5.73 Å². The van der Waals surface area contributed by atoms with Gasteiger partial charge in [-0.2, -0.15) is 0 Å². The topological polar surface area (TPSA) is 26.0 Å². The molecule has 0 atom stereocenters. The van der Waals surface area contributed by atoms with Gasteiger partial charge < -0.3 is 5.73 Å². The average molecular weight is 299 g/mol. The minimum atomic E-state index is 0.853. The highest BCUT2D eigenvalue weighted by Gasteiger charge is 2.03. The van der Waals surface area contributed by atoms with Crippen molar-refractivity contribution in [1.82, 2.24) is 0 Å². The number of para-hydroxylation sites is 1. The Bertz CT molecular complexity index is 887. The minimum Gasteiger partial charge on any atom is -0.398 e. The van der Waals surface area contributed by atoms with E-state index in [9.17, 15) is 0 Å². The lowest BCUT2D eigenvalue weighted by molar-refractivity contribution is 1.20. The number of nitrogen functional groups attached to an aromatic ring is 1. The quantitative estimate of drug-likeness (QED) is 0.492. The van der Waals surface area contributed by atoms with Gasteiger partial charge in [0, 0.05) is 5.69 Å². The first kappa shape index (κ1) is 15.1. The molecule has 114 valence electrons. The lowest BCUT2D eigenvalue weighted by atomic mass is 9.97. The van der Waals surface area contributed by atoms with Crippen LogP contribution in [0.5, 0.6) is 0 Å². The Balaban J connectivity index is 1.95. The fourth-order valence-electron chi connectivity index (χ4n) is 2.90. The van der Waals surface area contributed by atoms with Gasteiger partial charge in [-0.15, -0.1) is 0 Å². The van der Waals surface area contributed by atoms with Crippen molar-refractivity contribution >= 4 is 22.0 Å². The number of nitrogens with two attached hydrogens (primary N) is 1.